The minimum absolute atomic E-state index is 0.239. The summed E-state index contributed by atoms with van der Waals surface area (Å²) in [6.07, 6.45) is 1.53. The lowest BCUT2D eigenvalue weighted by Crippen LogP contribution is -1.96. The van der Waals surface area contributed by atoms with Crippen LogP contribution in [0, 0.1) is 11.3 Å². The van der Waals surface area contributed by atoms with Crippen LogP contribution in [0.25, 0.3) is 11.7 Å². The van der Waals surface area contributed by atoms with Crippen LogP contribution in [-0.4, -0.2) is 11.5 Å². The highest BCUT2D eigenvalue weighted by Gasteiger charge is 2.15. The van der Waals surface area contributed by atoms with Crippen LogP contribution in [0.5, 0.6) is 0 Å². The molecule has 0 radical (unpaired) electrons. The van der Waals surface area contributed by atoms with Gasteiger partial charge in [0.05, 0.1) is 6.26 Å². The molecule has 0 saturated carbocycles. The zero-order valence-corrected chi connectivity index (χ0v) is 8.15. The molecule has 0 aliphatic carbocycles. The molecule has 0 unspecified atom stereocenters. The number of rotatable bonds is 3. The van der Waals surface area contributed by atoms with Gasteiger partial charge in [-0.3, -0.25) is 0 Å². The third-order valence-corrected chi connectivity index (χ3v) is 1.80. The van der Waals surface area contributed by atoms with Crippen LogP contribution in [0.1, 0.15) is 12.6 Å². The van der Waals surface area contributed by atoms with Crippen molar-refractivity contribution >= 4 is 5.88 Å². The molecule has 0 bridgehead atoms. The Balaban J connectivity index is 2.40. The van der Waals surface area contributed by atoms with Gasteiger partial charge in [0.2, 0.25) is 11.6 Å². The van der Waals surface area contributed by atoms with Gasteiger partial charge in [0.15, 0.2) is 5.76 Å². The second-order valence-electron chi connectivity index (χ2n) is 2.82. The van der Waals surface area contributed by atoms with Crippen molar-refractivity contribution in [3.8, 4) is 17.7 Å². The van der Waals surface area contributed by atoms with Gasteiger partial charge >= 0.3 is 0 Å². The number of nitrogens with zero attached hydrogens (tertiary/aromatic N) is 2. The molecule has 0 aliphatic heterocycles. The fourth-order valence-corrected chi connectivity index (χ4v) is 1.18. The molecule has 0 atom stereocenters. The zero-order valence-electron chi connectivity index (χ0n) is 8.15. The van der Waals surface area contributed by atoms with E-state index >= 15 is 0 Å². The van der Waals surface area contributed by atoms with E-state index in [0.29, 0.717) is 24.1 Å². The molecular weight excluding hydrogens is 194 g/mol. The predicted molar refractivity (Wildman–Crippen MR) is 53.1 cm³/mol. The van der Waals surface area contributed by atoms with E-state index in [0.717, 1.165) is 0 Å². The Morgan fingerprint density at radius 1 is 1.60 bits per heavy atom. The maximum atomic E-state index is 8.81. The first-order chi connectivity index (χ1) is 7.35. The summed E-state index contributed by atoms with van der Waals surface area (Å²) in [6, 6.07) is 5.41. The molecule has 0 saturated heterocycles. The van der Waals surface area contributed by atoms with Crippen LogP contribution >= 0.6 is 0 Å². The monoisotopic (exact) mass is 203 g/mol. The molecule has 0 amide bonds. The first-order valence-electron chi connectivity index (χ1n) is 4.53. The lowest BCUT2D eigenvalue weighted by molar-refractivity contribution is 0.523. The normalized spacial score (nSPS) is 9.87. The van der Waals surface area contributed by atoms with Gasteiger partial charge in [-0.1, -0.05) is 0 Å². The molecular formula is C10H9N3O2. The van der Waals surface area contributed by atoms with Gasteiger partial charge in [0.1, 0.15) is 6.07 Å². The van der Waals surface area contributed by atoms with E-state index < -0.39 is 0 Å². The first-order valence-corrected chi connectivity index (χ1v) is 4.53. The summed E-state index contributed by atoms with van der Waals surface area (Å²) in [5.41, 5.74) is 0.239. The smallest absolute Gasteiger partial charge is 0.266 e. The van der Waals surface area contributed by atoms with Gasteiger partial charge < -0.3 is 14.2 Å². The van der Waals surface area contributed by atoms with E-state index in [2.05, 4.69) is 10.3 Å². The molecule has 2 aromatic rings. The molecule has 1 N–H and O–H groups in total. The van der Waals surface area contributed by atoms with Gasteiger partial charge in [-0.05, 0) is 19.1 Å². The lowest BCUT2D eigenvalue weighted by atomic mass is 10.4. The van der Waals surface area contributed by atoms with Crippen molar-refractivity contribution in [1.29, 1.82) is 5.26 Å². The van der Waals surface area contributed by atoms with Crippen molar-refractivity contribution in [3.63, 3.8) is 0 Å². The minimum atomic E-state index is 0.239. The molecule has 76 valence electrons. The topological polar surface area (TPSA) is 75.0 Å². The summed E-state index contributed by atoms with van der Waals surface area (Å²) in [7, 11) is 0. The van der Waals surface area contributed by atoms with Gasteiger partial charge in [-0.2, -0.15) is 10.2 Å². The highest BCUT2D eigenvalue weighted by atomic mass is 16.4. The molecule has 0 fully saturated rings. The van der Waals surface area contributed by atoms with E-state index in [9.17, 15) is 0 Å². The average Bonchev–Trinajstić information content (AvgIpc) is 2.84. The van der Waals surface area contributed by atoms with E-state index in [-0.39, 0.29) is 5.69 Å². The Labute approximate surface area is 86.3 Å². The maximum Gasteiger partial charge on any atom is 0.266 e. The van der Waals surface area contributed by atoms with Crippen LogP contribution in [0.15, 0.2) is 27.2 Å². The molecule has 2 heterocycles. The average molecular weight is 203 g/mol. The number of furan rings is 1. The molecule has 0 aliphatic rings. The number of nitrogens with one attached hydrogen (secondary N) is 1. The number of hydrogen-bond acceptors (Lipinski definition) is 5. The van der Waals surface area contributed by atoms with Crippen molar-refractivity contribution < 1.29 is 8.83 Å². The van der Waals surface area contributed by atoms with E-state index in [1.54, 1.807) is 12.1 Å². The largest absolute Gasteiger partial charge is 0.459 e. The summed E-state index contributed by atoms with van der Waals surface area (Å²) in [5.74, 6) is 1.20. The Morgan fingerprint density at radius 3 is 3.07 bits per heavy atom. The SMILES string of the molecule is CCNc1oc(-c2ccco2)nc1C#N. The van der Waals surface area contributed by atoms with Crippen LogP contribution in [0.2, 0.25) is 0 Å². The fourth-order valence-electron chi connectivity index (χ4n) is 1.18. The maximum absolute atomic E-state index is 8.81. The van der Waals surface area contributed by atoms with Crippen molar-refractivity contribution in [2.75, 3.05) is 11.9 Å². The fraction of sp³-hybridized carbons (Fsp3) is 0.200. The minimum Gasteiger partial charge on any atom is -0.459 e. The van der Waals surface area contributed by atoms with Gasteiger partial charge in [0.25, 0.3) is 5.89 Å². The van der Waals surface area contributed by atoms with Crippen LogP contribution in [0.3, 0.4) is 0 Å². The quantitative estimate of drug-likeness (QED) is 0.827. The first kappa shape index (κ1) is 9.34. The highest BCUT2D eigenvalue weighted by Crippen LogP contribution is 2.25. The summed E-state index contributed by atoms with van der Waals surface area (Å²) < 4.78 is 10.5. The molecule has 5 nitrogen and oxygen atoms in total. The van der Waals surface area contributed by atoms with E-state index in [1.165, 1.54) is 6.26 Å². The molecule has 2 aromatic heterocycles. The lowest BCUT2D eigenvalue weighted by Gasteiger charge is -1.94. The molecule has 5 heteroatoms. The molecule has 2 rings (SSSR count). The molecule has 15 heavy (non-hydrogen) atoms. The molecule has 0 aromatic carbocycles. The number of nitriles is 1. The van der Waals surface area contributed by atoms with Gasteiger partial charge in [-0.15, -0.1) is 0 Å². The summed E-state index contributed by atoms with van der Waals surface area (Å²) in [5, 5.41) is 11.7. The van der Waals surface area contributed by atoms with Crippen LogP contribution in [0.4, 0.5) is 5.88 Å². The number of oxazole rings is 1. The Hall–Kier alpha value is -2.22. The standard InChI is InChI=1S/C10H9N3O2/c1-2-12-9-7(6-11)13-10(15-9)8-4-3-5-14-8/h3-5,12H,2H2,1H3. The Kier molecular flexibility index (Phi) is 2.42. The number of aromatic nitrogens is 1. The predicted octanol–water partition coefficient (Wildman–Crippen LogP) is 2.24. The van der Waals surface area contributed by atoms with Gasteiger partial charge in [0, 0.05) is 6.54 Å². The van der Waals surface area contributed by atoms with Crippen molar-refractivity contribution in [2.24, 2.45) is 0 Å². The number of anilines is 1. The third-order valence-electron chi connectivity index (χ3n) is 1.80. The third kappa shape index (κ3) is 1.70. The molecule has 0 spiro atoms. The Bertz CT molecular complexity index is 479. The summed E-state index contributed by atoms with van der Waals surface area (Å²) in [4.78, 5) is 4.01. The Morgan fingerprint density at radius 2 is 2.47 bits per heavy atom. The summed E-state index contributed by atoms with van der Waals surface area (Å²) >= 11 is 0. The second kappa shape index (κ2) is 3.88. The van der Waals surface area contributed by atoms with Crippen molar-refractivity contribution in [1.82, 2.24) is 4.98 Å². The number of hydrogen-bond donors (Lipinski definition) is 1. The highest BCUT2D eigenvalue weighted by molar-refractivity contribution is 5.54. The van der Waals surface area contributed by atoms with Crippen molar-refractivity contribution in [2.45, 2.75) is 6.92 Å². The van der Waals surface area contributed by atoms with E-state index in [1.807, 2.05) is 13.0 Å². The second-order valence-corrected chi connectivity index (χ2v) is 2.82. The van der Waals surface area contributed by atoms with Crippen LogP contribution in [-0.2, 0) is 0 Å². The van der Waals surface area contributed by atoms with Gasteiger partial charge in [-0.25, -0.2) is 0 Å². The van der Waals surface area contributed by atoms with E-state index in [4.69, 9.17) is 14.1 Å². The van der Waals surface area contributed by atoms with Crippen LogP contribution < -0.4 is 5.32 Å². The summed E-state index contributed by atoms with van der Waals surface area (Å²) in [6.45, 7) is 2.58. The van der Waals surface area contributed by atoms with Crippen molar-refractivity contribution in [3.05, 3.63) is 24.1 Å². The zero-order chi connectivity index (χ0) is 10.7.